The predicted octanol–water partition coefficient (Wildman–Crippen LogP) is 1.89. The molecular formula is C17H29N3O3S. The van der Waals surface area contributed by atoms with E-state index >= 15 is 0 Å². The Kier molecular flexibility index (Phi) is 7.86. The summed E-state index contributed by atoms with van der Waals surface area (Å²) in [6.07, 6.45) is 0. The molecule has 0 fully saturated rings. The van der Waals surface area contributed by atoms with Crippen molar-refractivity contribution in [1.82, 2.24) is 14.9 Å². The highest BCUT2D eigenvalue weighted by molar-refractivity contribution is 7.89. The van der Waals surface area contributed by atoms with E-state index in [1.54, 1.807) is 31.2 Å². The second kappa shape index (κ2) is 9.15. The van der Waals surface area contributed by atoms with Crippen molar-refractivity contribution in [1.29, 1.82) is 0 Å². The second-order valence-electron chi connectivity index (χ2n) is 5.66. The van der Waals surface area contributed by atoms with E-state index in [-0.39, 0.29) is 18.0 Å². The zero-order chi connectivity index (χ0) is 18.3. The number of hydrogen-bond acceptors (Lipinski definition) is 4. The van der Waals surface area contributed by atoms with Crippen LogP contribution in [0, 0.1) is 0 Å². The van der Waals surface area contributed by atoms with Crippen molar-refractivity contribution >= 4 is 15.9 Å². The molecular weight excluding hydrogens is 326 g/mol. The molecule has 2 N–H and O–H groups in total. The van der Waals surface area contributed by atoms with Crippen LogP contribution in [0.1, 0.15) is 46.2 Å². The molecule has 24 heavy (non-hydrogen) atoms. The lowest BCUT2D eigenvalue weighted by Crippen LogP contribution is -2.43. The van der Waals surface area contributed by atoms with Gasteiger partial charge in [-0.25, -0.2) is 8.42 Å². The fourth-order valence-corrected chi connectivity index (χ4v) is 3.97. The van der Waals surface area contributed by atoms with E-state index in [1.165, 1.54) is 4.31 Å². The van der Waals surface area contributed by atoms with Gasteiger partial charge in [-0.05, 0) is 38.5 Å². The summed E-state index contributed by atoms with van der Waals surface area (Å²) >= 11 is 0. The minimum absolute atomic E-state index is 0.0509. The number of hydrogen-bond donors (Lipinski definition) is 2. The Hall–Kier alpha value is -1.44. The van der Waals surface area contributed by atoms with E-state index in [1.807, 2.05) is 27.7 Å². The highest BCUT2D eigenvalue weighted by Crippen LogP contribution is 2.19. The number of sulfonamides is 1. The van der Waals surface area contributed by atoms with Crippen LogP contribution in [0.4, 0.5) is 0 Å². The Morgan fingerprint density at radius 2 is 1.62 bits per heavy atom. The fourth-order valence-electron chi connectivity index (χ4n) is 2.52. The molecule has 0 saturated heterocycles. The van der Waals surface area contributed by atoms with Gasteiger partial charge in [0.1, 0.15) is 0 Å². The number of nitrogens with zero attached hydrogens (tertiary/aromatic N) is 1. The number of rotatable bonds is 9. The van der Waals surface area contributed by atoms with Gasteiger partial charge >= 0.3 is 0 Å². The molecule has 1 aromatic carbocycles. The van der Waals surface area contributed by atoms with Crippen LogP contribution in [0.3, 0.4) is 0 Å². The molecule has 0 radical (unpaired) electrons. The van der Waals surface area contributed by atoms with Gasteiger partial charge in [-0.3, -0.25) is 10.1 Å². The summed E-state index contributed by atoms with van der Waals surface area (Å²) in [6.45, 7) is 10.8. The van der Waals surface area contributed by atoms with E-state index in [2.05, 4.69) is 10.6 Å². The van der Waals surface area contributed by atoms with E-state index in [4.69, 9.17) is 0 Å². The number of amides is 1. The lowest BCUT2D eigenvalue weighted by molar-refractivity contribution is -0.122. The molecule has 0 aliphatic heterocycles. The molecule has 2 atom stereocenters. The SMILES string of the molecule is CCNC(=O)[C@H](C)N[C@@H](C)c1ccc(S(=O)(=O)N(CC)CC)cc1. The van der Waals surface area contributed by atoms with Crippen molar-refractivity contribution in [3.05, 3.63) is 29.8 Å². The van der Waals surface area contributed by atoms with E-state index in [9.17, 15) is 13.2 Å². The van der Waals surface area contributed by atoms with Gasteiger partial charge in [-0.2, -0.15) is 4.31 Å². The highest BCUT2D eigenvalue weighted by atomic mass is 32.2. The minimum Gasteiger partial charge on any atom is -0.355 e. The first kappa shape index (κ1) is 20.6. The maximum atomic E-state index is 12.5. The number of likely N-dealkylation sites (N-methyl/N-ethyl adjacent to an activating group) is 1. The summed E-state index contributed by atoms with van der Waals surface area (Å²) in [4.78, 5) is 12.1. The largest absolute Gasteiger partial charge is 0.355 e. The maximum Gasteiger partial charge on any atom is 0.243 e. The molecule has 7 heteroatoms. The fraction of sp³-hybridized carbons (Fsp3) is 0.588. The van der Waals surface area contributed by atoms with Gasteiger partial charge in [0, 0.05) is 25.7 Å². The Labute approximate surface area is 145 Å². The molecule has 0 aliphatic rings. The first-order valence-electron chi connectivity index (χ1n) is 8.41. The van der Waals surface area contributed by atoms with Gasteiger partial charge in [0.25, 0.3) is 0 Å². The van der Waals surface area contributed by atoms with Crippen LogP contribution in [0.2, 0.25) is 0 Å². The van der Waals surface area contributed by atoms with Crippen LogP contribution in [-0.4, -0.2) is 44.3 Å². The summed E-state index contributed by atoms with van der Waals surface area (Å²) in [7, 11) is -3.44. The van der Waals surface area contributed by atoms with E-state index in [0.717, 1.165) is 5.56 Å². The molecule has 1 amide bonds. The van der Waals surface area contributed by atoms with Gasteiger partial charge in [0.05, 0.1) is 10.9 Å². The molecule has 0 aromatic heterocycles. The summed E-state index contributed by atoms with van der Waals surface area (Å²) in [5.74, 6) is -0.0509. The number of nitrogens with one attached hydrogen (secondary N) is 2. The highest BCUT2D eigenvalue weighted by Gasteiger charge is 2.22. The average molecular weight is 356 g/mol. The van der Waals surface area contributed by atoms with Gasteiger partial charge in [-0.1, -0.05) is 26.0 Å². The molecule has 136 valence electrons. The van der Waals surface area contributed by atoms with Gasteiger partial charge in [0.2, 0.25) is 15.9 Å². The van der Waals surface area contributed by atoms with E-state index < -0.39 is 10.0 Å². The first-order chi connectivity index (χ1) is 11.3. The third-order valence-corrected chi connectivity index (χ3v) is 6.03. The van der Waals surface area contributed by atoms with Gasteiger partial charge < -0.3 is 5.32 Å². The standard InChI is InChI=1S/C17H29N3O3S/c1-6-18-17(21)14(5)19-13(4)15-9-11-16(12-10-15)24(22,23)20(7-2)8-3/h9-14,19H,6-8H2,1-5H3,(H,18,21)/t13-,14-/m0/s1. The predicted molar refractivity (Wildman–Crippen MR) is 96.2 cm³/mol. The summed E-state index contributed by atoms with van der Waals surface area (Å²) in [6, 6.07) is 6.44. The van der Waals surface area contributed by atoms with Gasteiger partial charge in [-0.15, -0.1) is 0 Å². The van der Waals surface area contributed by atoms with Crippen LogP contribution in [0.15, 0.2) is 29.2 Å². The molecule has 1 aromatic rings. The monoisotopic (exact) mass is 355 g/mol. The van der Waals surface area contributed by atoms with Crippen molar-refractivity contribution in [3.8, 4) is 0 Å². The van der Waals surface area contributed by atoms with Crippen molar-refractivity contribution in [3.63, 3.8) is 0 Å². The molecule has 6 nitrogen and oxygen atoms in total. The van der Waals surface area contributed by atoms with Crippen molar-refractivity contribution in [2.24, 2.45) is 0 Å². The smallest absolute Gasteiger partial charge is 0.243 e. The zero-order valence-corrected chi connectivity index (χ0v) is 16.0. The summed E-state index contributed by atoms with van der Waals surface area (Å²) in [5.41, 5.74) is 0.935. The summed E-state index contributed by atoms with van der Waals surface area (Å²) in [5, 5.41) is 5.98. The van der Waals surface area contributed by atoms with Crippen LogP contribution in [0.25, 0.3) is 0 Å². The van der Waals surface area contributed by atoms with Gasteiger partial charge in [0.15, 0.2) is 0 Å². The molecule has 0 saturated carbocycles. The Morgan fingerprint density at radius 3 is 2.08 bits per heavy atom. The maximum absolute atomic E-state index is 12.5. The summed E-state index contributed by atoms with van der Waals surface area (Å²) < 4.78 is 26.4. The van der Waals surface area contributed by atoms with Crippen molar-refractivity contribution < 1.29 is 13.2 Å². The molecule has 1 rings (SSSR count). The molecule has 0 unspecified atom stereocenters. The van der Waals surface area contributed by atoms with Crippen LogP contribution in [-0.2, 0) is 14.8 Å². The third-order valence-electron chi connectivity index (χ3n) is 3.97. The molecule has 0 spiro atoms. The quantitative estimate of drug-likeness (QED) is 0.709. The number of benzene rings is 1. The molecule has 0 heterocycles. The lowest BCUT2D eigenvalue weighted by Gasteiger charge is -2.21. The van der Waals surface area contributed by atoms with E-state index in [0.29, 0.717) is 24.5 Å². The average Bonchev–Trinajstić information content (AvgIpc) is 2.56. The van der Waals surface area contributed by atoms with Crippen LogP contribution >= 0.6 is 0 Å². The Balaban J connectivity index is 2.85. The Morgan fingerprint density at radius 1 is 1.08 bits per heavy atom. The third kappa shape index (κ3) is 5.03. The zero-order valence-electron chi connectivity index (χ0n) is 15.2. The normalized spacial score (nSPS) is 14.4. The number of carbonyl (C=O) groups is 1. The number of carbonyl (C=O) groups excluding carboxylic acids is 1. The molecule has 0 aliphatic carbocycles. The van der Waals surface area contributed by atoms with Crippen LogP contribution in [0.5, 0.6) is 0 Å². The lowest BCUT2D eigenvalue weighted by atomic mass is 10.1. The second-order valence-corrected chi connectivity index (χ2v) is 7.60. The Bertz CT molecular complexity index is 625. The van der Waals surface area contributed by atoms with Crippen LogP contribution < -0.4 is 10.6 Å². The minimum atomic E-state index is -3.44. The van der Waals surface area contributed by atoms with Crippen molar-refractivity contribution in [2.45, 2.75) is 51.6 Å². The molecule has 0 bridgehead atoms. The topological polar surface area (TPSA) is 78.5 Å². The first-order valence-corrected chi connectivity index (χ1v) is 9.85. The van der Waals surface area contributed by atoms with Crippen molar-refractivity contribution in [2.75, 3.05) is 19.6 Å².